The fourth-order valence-corrected chi connectivity index (χ4v) is 31.0. The first-order chi connectivity index (χ1) is 27.3. The molecule has 58 heavy (non-hydrogen) atoms. The molecule has 0 amide bonds. The Balaban J connectivity index is 4.22. The summed E-state index contributed by atoms with van der Waals surface area (Å²) in [5, 5.41) is 18.3. The Morgan fingerprint density at radius 1 is 0.345 bits per heavy atom. The van der Waals surface area contributed by atoms with E-state index in [9.17, 15) is 0 Å². The largest absolute Gasteiger partial charge is 0.437 e. The Labute approximate surface area is 363 Å². The van der Waals surface area contributed by atoms with Gasteiger partial charge >= 0.3 is 25.7 Å². The first-order valence-corrected chi connectivity index (χ1v) is 38.0. The molecule has 11 nitrogen and oxygen atoms in total. The maximum Gasteiger partial charge on any atom is 0.317 e. The van der Waals surface area contributed by atoms with Crippen LogP contribution in [0.3, 0.4) is 0 Å². The van der Waals surface area contributed by atoms with Gasteiger partial charge in [0, 0.05) is 19.8 Å². The summed E-state index contributed by atoms with van der Waals surface area (Å²) >= 11 is 0. The molecule has 0 aliphatic rings. The predicted octanol–water partition coefficient (Wildman–Crippen LogP) is 11.0. The van der Waals surface area contributed by atoms with Gasteiger partial charge in [-0.25, -0.2) is 0 Å². The molecule has 0 rings (SSSR count). The Morgan fingerprint density at radius 3 is 1.05 bits per heavy atom. The third-order valence-electron chi connectivity index (χ3n) is 9.33. The fraction of sp³-hybridized carbons (Fsp3) is 1.00. The van der Waals surface area contributed by atoms with Crippen molar-refractivity contribution in [3.05, 3.63) is 0 Å². The van der Waals surface area contributed by atoms with Crippen molar-refractivity contribution >= 4 is 42.3 Å². The molecule has 0 aliphatic carbocycles. The first-order valence-electron chi connectivity index (χ1n) is 23.4. The van der Waals surface area contributed by atoms with Crippen LogP contribution in [0, 0.1) is 0 Å². The highest BCUT2D eigenvalue weighted by molar-refractivity contribution is 6.90. The van der Waals surface area contributed by atoms with Crippen LogP contribution in [-0.2, 0) is 40.1 Å². The number of ether oxygens (including phenoxy) is 5. The van der Waals surface area contributed by atoms with Crippen LogP contribution in [0.2, 0.25) is 77.6 Å². The Hall–Kier alpha value is 0.644. The van der Waals surface area contributed by atoms with Crippen LogP contribution in [0.5, 0.6) is 0 Å². The molecule has 0 radical (unpaired) electrons. The van der Waals surface area contributed by atoms with Crippen molar-refractivity contribution in [3.63, 3.8) is 0 Å². The Bertz CT molecular complexity index is 927. The number of aliphatic hydroxyl groups is 2. The van der Waals surface area contributed by atoms with Gasteiger partial charge in [0.1, 0.15) is 0 Å². The molecule has 0 aromatic carbocycles. The van der Waals surface area contributed by atoms with Gasteiger partial charge in [0.2, 0.25) is 0 Å². The Morgan fingerprint density at radius 2 is 0.672 bits per heavy atom. The quantitative estimate of drug-likeness (QED) is 0.0345. The summed E-state index contributed by atoms with van der Waals surface area (Å²) in [4.78, 5) is 0. The second-order valence-electron chi connectivity index (χ2n) is 18.8. The van der Waals surface area contributed by atoms with Crippen molar-refractivity contribution in [3.8, 4) is 0 Å². The van der Waals surface area contributed by atoms with Crippen molar-refractivity contribution in [2.45, 2.75) is 206 Å². The van der Waals surface area contributed by atoms with E-state index in [1.165, 1.54) is 96.3 Å². The van der Waals surface area contributed by atoms with E-state index in [0.717, 1.165) is 31.5 Å². The minimum Gasteiger partial charge on any atom is -0.437 e. The van der Waals surface area contributed by atoms with Gasteiger partial charge in [0.05, 0.1) is 46.2 Å². The normalized spacial score (nSPS) is 15.0. The lowest BCUT2D eigenvalue weighted by Gasteiger charge is -2.44. The van der Waals surface area contributed by atoms with E-state index in [0.29, 0.717) is 59.3 Å². The average Bonchev–Trinajstić information content (AvgIpc) is 3.08. The van der Waals surface area contributed by atoms with Gasteiger partial charge in [-0.2, -0.15) is 0 Å². The summed E-state index contributed by atoms with van der Waals surface area (Å²) in [5.41, 5.74) is 0. The van der Waals surface area contributed by atoms with Crippen LogP contribution in [0.1, 0.15) is 122 Å². The molecule has 2 unspecified atom stereocenters. The first kappa shape index (κ1) is 58.6. The van der Waals surface area contributed by atoms with Gasteiger partial charge < -0.3 is 50.4 Å². The van der Waals surface area contributed by atoms with E-state index in [1.807, 2.05) is 0 Å². The maximum absolute atomic E-state index is 9.15. The van der Waals surface area contributed by atoms with Crippen molar-refractivity contribution in [2.75, 3.05) is 66.1 Å². The number of aliphatic hydroxyl groups excluding tert-OH is 1. The molecule has 2 N–H and O–H groups in total. The summed E-state index contributed by atoms with van der Waals surface area (Å²) < 4.78 is 56.1. The van der Waals surface area contributed by atoms with E-state index < -0.39 is 48.6 Å². The van der Waals surface area contributed by atoms with E-state index in [1.54, 1.807) is 0 Å². The predicted molar refractivity (Wildman–Crippen MR) is 252 cm³/mol. The molecular formula is C42H96O11Si5. The second-order valence-corrected chi connectivity index (χ2v) is 38.9. The van der Waals surface area contributed by atoms with Crippen molar-refractivity contribution in [2.24, 2.45) is 0 Å². The summed E-state index contributed by atoms with van der Waals surface area (Å²) in [6.45, 7) is 29.1. The van der Waals surface area contributed by atoms with Crippen molar-refractivity contribution in [1.82, 2.24) is 0 Å². The number of hydrogen-bond donors (Lipinski definition) is 2. The number of rotatable bonds is 44. The minimum absolute atomic E-state index is 0.106. The van der Waals surface area contributed by atoms with Crippen molar-refractivity contribution in [1.29, 1.82) is 0 Å². The van der Waals surface area contributed by atoms with Crippen LogP contribution < -0.4 is 0 Å². The third kappa shape index (κ3) is 40.7. The maximum atomic E-state index is 9.15. The SMILES string of the molecule is CCCCCCCCCCCCCCCCCCOCCOCCOCCOCCC[Si](C)(O[Si](C)(C)O[Si](C)(C)C)O[Si](C)(CCCOCC(O)O)O[Si](C)(C)C. The highest BCUT2D eigenvalue weighted by atomic mass is 28.5. The van der Waals surface area contributed by atoms with Crippen LogP contribution in [-0.4, -0.2) is 125 Å². The van der Waals surface area contributed by atoms with E-state index in [2.05, 4.69) is 72.4 Å². The molecule has 0 saturated heterocycles. The highest BCUT2D eigenvalue weighted by Gasteiger charge is 2.48. The number of hydrogen-bond acceptors (Lipinski definition) is 11. The van der Waals surface area contributed by atoms with Gasteiger partial charge in [0.15, 0.2) is 22.9 Å². The monoisotopic (exact) mass is 917 g/mol. The molecule has 0 aromatic heterocycles. The molecule has 0 saturated carbocycles. The molecular weight excluding hydrogens is 821 g/mol. The summed E-state index contributed by atoms with van der Waals surface area (Å²) in [6, 6.07) is 1.49. The van der Waals surface area contributed by atoms with Crippen LogP contribution >= 0.6 is 0 Å². The zero-order valence-corrected chi connectivity index (χ0v) is 44.9. The summed E-state index contributed by atoms with van der Waals surface area (Å²) in [7, 11) is -11.7. The zero-order valence-electron chi connectivity index (χ0n) is 39.9. The molecule has 350 valence electrons. The summed E-state index contributed by atoms with van der Waals surface area (Å²) in [6.07, 6.45) is 22.1. The Kier molecular flexibility index (Phi) is 35.4. The standard InChI is InChI=1S/C42H96O11Si5/c1-12-13-14-15-16-17-18-19-20-21-22-23-24-25-26-27-30-45-33-35-47-37-38-48-36-34-46-31-28-40-58(11,52-56(8,9)50-54(2,3)4)53-57(10,51-55(5,6)7)39-29-32-49-41-42(43)44/h42-44H,12-41H2,1-11H3. The smallest absolute Gasteiger partial charge is 0.317 e. The van der Waals surface area contributed by atoms with Crippen LogP contribution in [0.15, 0.2) is 0 Å². The van der Waals surface area contributed by atoms with E-state index in [4.69, 9.17) is 50.4 Å². The molecule has 2 atom stereocenters. The molecule has 0 aromatic rings. The topological polar surface area (TPSA) is 124 Å². The third-order valence-corrected chi connectivity index (χ3v) is 27.6. The van der Waals surface area contributed by atoms with Crippen LogP contribution in [0.25, 0.3) is 0 Å². The highest BCUT2D eigenvalue weighted by Crippen LogP contribution is 2.32. The van der Waals surface area contributed by atoms with Crippen molar-refractivity contribution < 1.29 is 50.4 Å². The van der Waals surface area contributed by atoms with Gasteiger partial charge in [0.25, 0.3) is 0 Å². The lowest BCUT2D eigenvalue weighted by Crippen LogP contribution is -2.60. The molecule has 0 heterocycles. The second kappa shape index (κ2) is 35.0. The van der Waals surface area contributed by atoms with Gasteiger partial charge in [-0.3, -0.25) is 0 Å². The molecule has 0 bridgehead atoms. The lowest BCUT2D eigenvalue weighted by atomic mass is 10.0. The van der Waals surface area contributed by atoms with E-state index in [-0.39, 0.29) is 6.61 Å². The molecule has 16 heteroatoms. The molecule has 0 spiro atoms. The molecule has 0 fully saturated rings. The summed E-state index contributed by atoms with van der Waals surface area (Å²) in [5.74, 6) is 0. The zero-order chi connectivity index (χ0) is 43.7. The molecule has 0 aliphatic heterocycles. The van der Waals surface area contributed by atoms with E-state index >= 15 is 0 Å². The number of unbranched alkanes of at least 4 members (excludes halogenated alkanes) is 15. The lowest BCUT2D eigenvalue weighted by molar-refractivity contribution is -0.0945. The minimum atomic E-state index is -2.77. The van der Waals surface area contributed by atoms with Crippen LogP contribution in [0.4, 0.5) is 0 Å². The van der Waals surface area contributed by atoms with Gasteiger partial charge in [-0.1, -0.05) is 103 Å². The van der Waals surface area contributed by atoms with Gasteiger partial charge in [-0.15, -0.1) is 0 Å². The average molecular weight is 918 g/mol. The van der Waals surface area contributed by atoms with Gasteiger partial charge in [-0.05, 0) is 96.8 Å². The fourth-order valence-electron chi connectivity index (χ4n) is 7.32.